The van der Waals surface area contributed by atoms with Gasteiger partial charge in [-0.05, 0) is 94.5 Å². The summed E-state index contributed by atoms with van der Waals surface area (Å²) in [5.41, 5.74) is 1.86. The van der Waals surface area contributed by atoms with Crippen molar-refractivity contribution in [2.24, 2.45) is 5.92 Å². The van der Waals surface area contributed by atoms with Gasteiger partial charge >= 0.3 is 12.1 Å². The Hall–Kier alpha value is -8.40. The largest absolute Gasteiger partial charge is 0.491 e. The topological polar surface area (TPSA) is 211 Å². The molecule has 0 unspecified atom stereocenters. The second-order valence-electron chi connectivity index (χ2n) is 18.2. The quantitative estimate of drug-likeness (QED) is 0.0453. The molecule has 74 heavy (non-hydrogen) atoms. The van der Waals surface area contributed by atoms with Gasteiger partial charge in [-0.1, -0.05) is 84.6 Å². The lowest BCUT2D eigenvalue weighted by Gasteiger charge is -2.46. The highest BCUT2D eigenvalue weighted by Crippen LogP contribution is 2.66. The van der Waals surface area contributed by atoms with Crippen LogP contribution in [0.1, 0.15) is 58.0 Å². The molecule has 4 heterocycles. The number of non-ortho nitro benzene ring substituents is 1. The number of amides is 3. The molecular formula is C57H51N5O12. The van der Waals surface area contributed by atoms with E-state index in [0.29, 0.717) is 65.6 Å². The van der Waals surface area contributed by atoms with Crippen molar-refractivity contribution in [1.82, 2.24) is 4.90 Å². The maximum Gasteiger partial charge on any atom is 0.421 e. The second-order valence-corrected chi connectivity index (χ2v) is 18.2. The van der Waals surface area contributed by atoms with Crippen molar-refractivity contribution in [3.63, 3.8) is 0 Å². The van der Waals surface area contributed by atoms with Crippen molar-refractivity contribution in [3.05, 3.63) is 195 Å². The third-order valence-electron chi connectivity index (χ3n) is 14.0. The average molecular weight is 998 g/mol. The van der Waals surface area contributed by atoms with Gasteiger partial charge in [0.05, 0.1) is 55.0 Å². The number of benzene rings is 6. The number of cyclic esters (lactones) is 1. The van der Waals surface area contributed by atoms with E-state index in [2.05, 4.69) is 22.1 Å². The highest BCUT2D eigenvalue weighted by atomic mass is 16.6. The van der Waals surface area contributed by atoms with Crippen LogP contribution in [0, 0.1) is 27.9 Å². The summed E-state index contributed by atoms with van der Waals surface area (Å²) in [5, 5.41) is 33.9. The van der Waals surface area contributed by atoms with Crippen molar-refractivity contribution >= 4 is 46.6 Å². The first-order valence-corrected chi connectivity index (χ1v) is 24.3. The van der Waals surface area contributed by atoms with Crippen LogP contribution >= 0.6 is 0 Å². The predicted molar refractivity (Wildman–Crippen MR) is 271 cm³/mol. The molecule has 0 radical (unpaired) electrons. The van der Waals surface area contributed by atoms with Crippen LogP contribution in [0.2, 0.25) is 0 Å². The molecule has 0 aliphatic carbocycles. The Morgan fingerprint density at radius 1 is 0.797 bits per heavy atom. The highest BCUT2D eigenvalue weighted by Gasteiger charge is 2.76. The van der Waals surface area contributed by atoms with Gasteiger partial charge in [0.2, 0.25) is 11.8 Å². The van der Waals surface area contributed by atoms with E-state index < -0.39 is 64.4 Å². The summed E-state index contributed by atoms with van der Waals surface area (Å²) in [6.45, 7) is 1.65. The van der Waals surface area contributed by atoms with Crippen LogP contribution in [0.3, 0.4) is 0 Å². The van der Waals surface area contributed by atoms with Gasteiger partial charge in [0.25, 0.3) is 5.69 Å². The van der Waals surface area contributed by atoms with Gasteiger partial charge in [-0.15, -0.1) is 0 Å². The van der Waals surface area contributed by atoms with Crippen molar-refractivity contribution in [2.75, 3.05) is 61.2 Å². The Morgan fingerprint density at radius 3 is 2.15 bits per heavy atom. The van der Waals surface area contributed by atoms with Crippen molar-refractivity contribution < 1.29 is 53.3 Å². The number of imide groups is 1. The smallest absolute Gasteiger partial charge is 0.421 e. The van der Waals surface area contributed by atoms with Crippen molar-refractivity contribution in [1.29, 1.82) is 0 Å². The van der Waals surface area contributed by atoms with Crippen LogP contribution in [-0.4, -0.2) is 96.1 Å². The SMILES string of the molecule is O=C1O[C@H](c2ccccc2)[C@H](c2ccccc2)N2[C@H]1[C@@H](C(=O)Nc1ccc(N3CCOCC3)cc1)[C@]1(C(=O)N(C(=O)OCc3ccc([N+](=O)[O-])cc3)c3ccc(C#CCCO)cc31)[C@H]2c1ccc(OCCO)cc1. The van der Waals surface area contributed by atoms with E-state index in [9.17, 15) is 25.1 Å². The van der Waals surface area contributed by atoms with E-state index in [-0.39, 0.29) is 49.8 Å². The maximum absolute atomic E-state index is 16.6. The lowest BCUT2D eigenvalue weighted by atomic mass is 9.65. The van der Waals surface area contributed by atoms with Gasteiger partial charge in [0, 0.05) is 48.6 Å². The molecule has 3 amide bonds. The molecule has 1 spiro atoms. The molecule has 0 saturated carbocycles. The summed E-state index contributed by atoms with van der Waals surface area (Å²) in [7, 11) is 0. The first-order valence-electron chi connectivity index (χ1n) is 24.3. The zero-order valence-electron chi connectivity index (χ0n) is 40.0. The maximum atomic E-state index is 16.6. The number of nitrogens with one attached hydrogen (secondary N) is 1. The number of fused-ring (bicyclic) bond motifs is 3. The zero-order chi connectivity index (χ0) is 51.3. The van der Waals surface area contributed by atoms with E-state index in [4.69, 9.17) is 18.9 Å². The average Bonchev–Trinajstić information content (AvgIpc) is 4.04. The molecule has 376 valence electrons. The summed E-state index contributed by atoms with van der Waals surface area (Å²) in [5.74, 6) is 2.41. The molecule has 6 aromatic carbocycles. The summed E-state index contributed by atoms with van der Waals surface area (Å²) in [4.78, 5) is 78.9. The fourth-order valence-electron chi connectivity index (χ4n) is 10.8. The summed E-state index contributed by atoms with van der Waals surface area (Å²) in [6.07, 6.45) is -1.95. The molecule has 4 aliphatic heterocycles. The van der Waals surface area contributed by atoms with Gasteiger partial charge in [0.1, 0.15) is 36.5 Å². The van der Waals surface area contributed by atoms with Crippen LogP contribution < -0.4 is 19.9 Å². The highest BCUT2D eigenvalue weighted by molar-refractivity contribution is 6.24. The van der Waals surface area contributed by atoms with E-state index in [1.807, 2.05) is 77.7 Å². The van der Waals surface area contributed by atoms with Crippen LogP contribution in [0.5, 0.6) is 5.75 Å². The number of carbonyl (C=O) groups excluding carboxylic acids is 4. The van der Waals surface area contributed by atoms with Gasteiger partial charge in [-0.3, -0.25) is 29.4 Å². The monoisotopic (exact) mass is 997 g/mol. The van der Waals surface area contributed by atoms with E-state index >= 15 is 14.4 Å². The number of aliphatic hydroxyl groups excluding tert-OH is 2. The fraction of sp³-hybridized carbons (Fsp3) is 0.263. The number of nitro benzene ring substituents is 1. The Balaban J connectivity index is 1.20. The van der Waals surface area contributed by atoms with Crippen LogP contribution in [0.4, 0.5) is 27.5 Å². The molecule has 17 heteroatoms. The van der Waals surface area contributed by atoms with Gasteiger partial charge in [-0.25, -0.2) is 9.69 Å². The molecule has 17 nitrogen and oxygen atoms in total. The normalized spacial score (nSPS) is 22.0. The summed E-state index contributed by atoms with van der Waals surface area (Å²) < 4.78 is 23.8. The minimum absolute atomic E-state index is 0.000160. The Bertz CT molecular complexity index is 3110. The molecule has 3 N–H and O–H groups in total. The molecule has 10 rings (SSSR count). The number of morpholine rings is 2. The third-order valence-corrected chi connectivity index (χ3v) is 14.0. The van der Waals surface area contributed by atoms with Crippen LogP contribution in [0.15, 0.2) is 152 Å². The third kappa shape index (κ3) is 9.20. The van der Waals surface area contributed by atoms with Crippen LogP contribution in [-0.2, 0) is 40.6 Å². The minimum atomic E-state index is -2.15. The molecule has 4 aliphatic rings. The summed E-state index contributed by atoms with van der Waals surface area (Å²) in [6, 6.07) is 39.4. The standard InChI is InChI=1S/C57H51N5O12/c63-30-8-7-9-37-16-27-47-46(35-37)57(55(67)60(47)56(68)73-36-38-14-21-44(22-15-38)62(69)70)48(53(65)58-42-19-23-43(24-20-42)59-28-32-71-33-29-59)50-54(66)74-51(40-12-5-2-6-13-40)49(39-10-3-1-4-11-39)61(50)52(57)41-17-25-45(26-18-41)72-34-31-64/h1-6,10-27,35,48-52,63-64H,8,28-34,36H2,(H,58,65)/t48-,49-,50-,51+,52+,57-/m0/s1. The van der Waals surface area contributed by atoms with E-state index in [1.165, 1.54) is 24.3 Å². The number of hydrogen-bond donors (Lipinski definition) is 3. The number of anilines is 3. The molecular weight excluding hydrogens is 947 g/mol. The molecule has 0 aromatic heterocycles. The Kier molecular flexibility index (Phi) is 14.2. The lowest BCUT2D eigenvalue weighted by molar-refractivity contribution is -0.384. The first kappa shape index (κ1) is 49.2. The number of esters is 1. The number of nitro groups is 1. The summed E-state index contributed by atoms with van der Waals surface area (Å²) >= 11 is 0. The van der Waals surface area contributed by atoms with Crippen LogP contribution in [0.25, 0.3) is 0 Å². The van der Waals surface area contributed by atoms with E-state index in [1.54, 1.807) is 54.6 Å². The van der Waals surface area contributed by atoms with Crippen molar-refractivity contribution in [3.8, 4) is 17.6 Å². The minimum Gasteiger partial charge on any atom is -0.491 e. The Labute approximate surface area is 426 Å². The number of hydrogen-bond acceptors (Lipinski definition) is 14. The number of rotatable bonds is 13. The fourth-order valence-corrected chi connectivity index (χ4v) is 10.8. The van der Waals surface area contributed by atoms with Gasteiger partial charge in [0.15, 0.2) is 0 Å². The second kappa shape index (κ2) is 21.4. The molecule has 3 saturated heterocycles. The lowest BCUT2D eigenvalue weighted by Crippen LogP contribution is -2.54. The molecule has 0 bridgehead atoms. The predicted octanol–water partition coefficient (Wildman–Crippen LogP) is 7.18. The zero-order valence-corrected chi connectivity index (χ0v) is 40.0. The first-order chi connectivity index (χ1) is 36.1. The van der Waals surface area contributed by atoms with Gasteiger partial charge in [-0.2, -0.15) is 0 Å². The molecule has 6 atom stereocenters. The number of nitrogens with zero attached hydrogens (tertiary/aromatic N) is 4. The molecule has 6 aromatic rings. The van der Waals surface area contributed by atoms with Crippen molar-refractivity contribution in [2.45, 2.75) is 42.7 Å². The number of aliphatic hydroxyl groups is 2. The van der Waals surface area contributed by atoms with Gasteiger partial charge < -0.3 is 39.4 Å². The number of ether oxygens (including phenoxy) is 4. The van der Waals surface area contributed by atoms with E-state index in [0.717, 1.165) is 10.6 Å². The Morgan fingerprint density at radius 2 is 1.49 bits per heavy atom. The molecule has 3 fully saturated rings. The number of carbonyl (C=O) groups is 4.